The summed E-state index contributed by atoms with van der Waals surface area (Å²) in [6, 6.07) is 7.33. The van der Waals surface area contributed by atoms with Crippen LogP contribution < -0.4 is 10.5 Å². The van der Waals surface area contributed by atoms with Crippen LogP contribution in [0, 0.1) is 5.92 Å². The molecule has 0 saturated heterocycles. The fourth-order valence-corrected chi connectivity index (χ4v) is 2.00. The van der Waals surface area contributed by atoms with Gasteiger partial charge in [0.15, 0.2) is 5.17 Å². The molecule has 1 rings (SSSR count). The monoisotopic (exact) mass is 300 g/mol. The first-order chi connectivity index (χ1) is 9.08. The van der Waals surface area contributed by atoms with Crippen molar-refractivity contribution in [2.24, 2.45) is 16.6 Å². The summed E-state index contributed by atoms with van der Waals surface area (Å²) in [5.41, 5.74) is 5.80. The van der Waals surface area contributed by atoms with Crippen molar-refractivity contribution in [3.63, 3.8) is 0 Å². The number of hydrogen-bond donors (Lipinski definition) is 1. The van der Waals surface area contributed by atoms with E-state index in [1.807, 2.05) is 24.3 Å². The number of thioether (sulfide) groups is 1. The van der Waals surface area contributed by atoms with E-state index in [-0.39, 0.29) is 0 Å². The van der Waals surface area contributed by atoms with Crippen LogP contribution in [-0.4, -0.2) is 24.1 Å². The predicted octanol–water partition coefficient (Wildman–Crippen LogP) is 3.81. The van der Waals surface area contributed by atoms with E-state index in [0.29, 0.717) is 22.7 Å². The number of nitrogens with zero attached hydrogens (tertiary/aromatic N) is 1. The third-order valence-electron chi connectivity index (χ3n) is 2.39. The van der Waals surface area contributed by atoms with Crippen molar-refractivity contribution in [3.8, 4) is 5.75 Å². The Morgan fingerprint density at radius 2 is 2.05 bits per heavy atom. The van der Waals surface area contributed by atoms with Crippen molar-refractivity contribution < 1.29 is 4.74 Å². The van der Waals surface area contributed by atoms with Crippen molar-refractivity contribution >= 4 is 28.5 Å². The van der Waals surface area contributed by atoms with Crippen molar-refractivity contribution in [1.29, 1.82) is 0 Å². The normalized spacial score (nSPS) is 11.9. The lowest BCUT2D eigenvalue weighted by molar-refractivity contribution is 0.344. The van der Waals surface area contributed by atoms with Crippen molar-refractivity contribution in [2.75, 3.05) is 18.9 Å². The molecule has 2 N–H and O–H groups in total. The SMILES string of the molecule is CC(C)CCN=C(N)SCCOc1ccc(Cl)cc1. The molecule has 0 radical (unpaired) electrons. The molecule has 5 heteroatoms. The molecule has 0 atom stereocenters. The standard InChI is InChI=1S/C14H21ClN2OS/c1-11(2)7-8-17-14(16)19-10-9-18-13-5-3-12(15)4-6-13/h3-6,11H,7-10H2,1-2H3,(H2,16,17). The van der Waals surface area contributed by atoms with Crippen LogP contribution in [0.15, 0.2) is 29.3 Å². The van der Waals surface area contributed by atoms with E-state index in [0.717, 1.165) is 24.5 Å². The minimum atomic E-state index is 0.604. The topological polar surface area (TPSA) is 47.6 Å². The number of ether oxygens (including phenoxy) is 1. The zero-order chi connectivity index (χ0) is 14.1. The van der Waals surface area contributed by atoms with Crippen molar-refractivity contribution in [3.05, 3.63) is 29.3 Å². The lowest BCUT2D eigenvalue weighted by Gasteiger charge is -2.06. The maximum Gasteiger partial charge on any atom is 0.154 e. The molecule has 0 amide bonds. The van der Waals surface area contributed by atoms with Gasteiger partial charge in [-0.15, -0.1) is 0 Å². The summed E-state index contributed by atoms with van der Waals surface area (Å²) in [5.74, 6) is 2.27. The van der Waals surface area contributed by atoms with Gasteiger partial charge < -0.3 is 10.5 Å². The van der Waals surface area contributed by atoms with Crippen LogP contribution in [0.1, 0.15) is 20.3 Å². The van der Waals surface area contributed by atoms with Gasteiger partial charge in [0.2, 0.25) is 0 Å². The fourth-order valence-electron chi connectivity index (χ4n) is 1.32. The molecule has 0 heterocycles. The van der Waals surface area contributed by atoms with E-state index in [1.165, 1.54) is 11.8 Å². The largest absolute Gasteiger partial charge is 0.493 e. The van der Waals surface area contributed by atoms with Gasteiger partial charge in [-0.05, 0) is 36.6 Å². The molecule has 1 aromatic carbocycles. The first-order valence-electron chi connectivity index (χ1n) is 6.39. The summed E-state index contributed by atoms with van der Waals surface area (Å²) in [7, 11) is 0. The van der Waals surface area contributed by atoms with Gasteiger partial charge in [0.05, 0.1) is 6.61 Å². The highest BCUT2D eigenvalue weighted by molar-refractivity contribution is 8.13. The fraction of sp³-hybridized carbons (Fsp3) is 0.500. The summed E-state index contributed by atoms with van der Waals surface area (Å²) in [4.78, 5) is 4.30. The molecule has 1 aromatic rings. The Hall–Kier alpha value is -0.870. The quantitative estimate of drug-likeness (QED) is 0.473. The second-order valence-corrected chi connectivity index (χ2v) is 6.10. The van der Waals surface area contributed by atoms with Gasteiger partial charge in [-0.25, -0.2) is 0 Å². The van der Waals surface area contributed by atoms with Gasteiger partial charge >= 0.3 is 0 Å². The highest BCUT2D eigenvalue weighted by Gasteiger charge is 1.98. The van der Waals surface area contributed by atoms with Gasteiger partial charge in [-0.1, -0.05) is 37.2 Å². The van der Waals surface area contributed by atoms with Gasteiger partial charge in [0.25, 0.3) is 0 Å². The lowest BCUT2D eigenvalue weighted by atomic mass is 10.1. The van der Waals surface area contributed by atoms with Crippen molar-refractivity contribution in [1.82, 2.24) is 0 Å². The van der Waals surface area contributed by atoms with Crippen LogP contribution in [0.2, 0.25) is 5.02 Å². The Labute approximate surface area is 124 Å². The molecule has 0 aromatic heterocycles. The number of aliphatic imine (C=N–C) groups is 1. The molecule has 0 aliphatic rings. The maximum atomic E-state index is 5.80. The molecule has 0 spiro atoms. The van der Waals surface area contributed by atoms with Crippen LogP contribution in [0.4, 0.5) is 0 Å². The molecule has 0 aliphatic heterocycles. The smallest absolute Gasteiger partial charge is 0.154 e. The number of nitrogens with two attached hydrogens (primary N) is 1. The first-order valence-corrected chi connectivity index (χ1v) is 7.75. The minimum Gasteiger partial charge on any atom is -0.493 e. The zero-order valence-electron chi connectivity index (χ0n) is 11.4. The second kappa shape index (κ2) is 9.10. The molecule has 0 aliphatic carbocycles. The number of hydrogen-bond acceptors (Lipinski definition) is 3. The summed E-state index contributed by atoms with van der Waals surface area (Å²) < 4.78 is 5.56. The molecule has 0 saturated carbocycles. The Kier molecular flexibility index (Phi) is 7.75. The number of benzene rings is 1. The van der Waals surface area contributed by atoms with Crippen LogP contribution in [0.3, 0.4) is 0 Å². The van der Waals surface area contributed by atoms with Crippen LogP contribution in [0.25, 0.3) is 0 Å². The Balaban J connectivity index is 2.14. The van der Waals surface area contributed by atoms with Gasteiger partial charge in [0, 0.05) is 17.3 Å². The minimum absolute atomic E-state index is 0.604. The summed E-state index contributed by atoms with van der Waals surface area (Å²) in [6.07, 6.45) is 1.07. The second-order valence-electron chi connectivity index (χ2n) is 4.55. The maximum absolute atomic E-state index is 5.80. The Morgan fingerprint density at radius 3 is 2.68 bits per heavy atom. The third kappa shape index (κ3) is 8.01. The van der Waals surface area contributed by atoms with Gasteiger partial charge in [-0.3, -0.25) is 4.99 Å². The number of halogens is 1. The highest BCUT2D eigenvalue weighted by Crippen LogP contribution is 2.15. The third-order valence-corrected chi connectivity index (χ3v) is 3.44. The molecule has 0 bridgehead atoms. The number of amidine groups is 1. The summed E-state index contributed by atoms with van der Waals surface area (Å²) >= 11 is 7.32. The van der Waals surface area contributed by atoms with E-state index >= 15 is 0 Å². The van der Waals surface area contributed by atoms with Crippen molar-refractivity contribution in [2.45, 2.75) is 20.3 Å². The average Bonchev–Trinajstić information content (AvgIpc) is 2.36. The predicted molar refractivity (Wildman–Crippen MR) is 85.3 cm³/mol. The van der Waals surface area contributed by atoms with Crippen LogP contribution >= 0.6 is 23.4 Å². The van der Waals surface area contributed by atoms with E-state index in [9.17, 15) is 0 Å². The first kappa shape index (κ1) is 16.2. The zero-order valence-corrected chi connectivity index (χ0v) is 13.0. The molecule has 0 fully saturated rings. The lowest BCUT2D eigenvalue weighted by Crippen LogP contribution is -2.11. The van der Waals surface area contributed by atoms with E-state index in [2.05, 4.69) is 18.8 Å². The summed E-state index contributed by atoms with van der Waals surface area (Å²) in [6.45, 7) is 5.76. The Morgan fingerprint density at radius 1 is 1.37 bits per heavy atom. The van der Waals surface area contributed by atoms with E-state index < -0.39 is 0 Å². The Bertz CT molecular complexity index is 393. The van der Waals surface area contributed by atoms with Crippen LogP contribution in [0.5, 0.6) is 5.75 Å². The number of rotatable bonds is 7. The molecule has 106 valence electrons. The summed E-state index contributed by atoms with van der Waals surface area (Å²) in [5, 5.41) is 1.35. The molecular weight excluding hydrogens is 280 g/mol. The average molecular weight is 301 g/mol. The molecular formula is C14H21ClN2OS. The van der Waals surface area contributed by atoms with E-state index in [1.54, 1.807) is 0 Å². The molecule has 19 heavy (non-hydrogen) atoms. The highest BCUT2D eigenvalue weighted by atomic mass is 35.5. The van der Waals surface area contributed by atoms with E-state index in [4.69, 9.17) is 22.1 Å². The van der Waals surface area contributed by atoms with Gasteiger partial charge in [-0.2, -0.15) is 0 Å². The molecule has 3 nitrogen and oxygen atoms in total. The molecule has 0 unspecified atom stereocenters. The van der Waals surface area contributed by atoms with Crippen LogP contribution in [-0.2, 0) is 0 Å². The van der Waals surface area contributed by atoms with Gasteiger partial charge in [0.1, 0.15) is 5.75 Å².